The zero-order chi connectivity index (χ0) is 14.7. The number of halogens is 3. The highest BCUT2D eigenvalue weighted by atomic mass is 79.9. The summed E-state index contributed by atoms with van der Waals surface area (Å²) in [4.78, 5) is 0. The van der Waals surface area contributed by atoms with Crippen LogP contribution in [0.2, 0.25) is 0 Å². The zero-order valence-corrected chi connectivity index (χ0v) is 14.0. The first-order valence-corrected chi connectivity index (χ1v) is 7.71. The highest BCUT2D eigenvalue weighted by Crippen LogP contribution is 2.29. The molecule has 2 rings (SSSR count). The molecule has 106 valence electrons. The average molecular weight is 403 g/mol. The molecule has 2 N–H and O–H groups in total. The molecular weight excluding hydrogens is 389 g/mol. The summed E-state index contributed by atoms with van der Waals surface area (Å²) < 4.78 is 20.2. The third-order valence-corrected chi connectivity index (χ3v) is 4.04. The minimum Gasteiger partial charge on any atom is -0.457 e. The maximum absolute atomic E-state index is 13.2. The number of benzene rings is 2. The Hall–Kier alpha value is -0.910. The highest BCUT2D eigenvalue weighted by molar-refractivity contribution is 9.10. The predicted molar refractivity (Wildman–Crippen MR) is 85.7 cm³/mol. The Labute approximate surface area is 134 Å². The first-order valence-electron chi connectivity index (χ1n) is 6.12. The summed E-state index contributed by atoms with van der Waals surface area (Å²) in [6.45, 7) is 1.97. The van der Waals surface area contributed by atoms with Gasteiger partial charge in [0.05, 0.1) is 4.47 Å². The highest BCUT2D eigenvalue weighted by Gasteiger charge is 2.07. The lowest BCUT2D eigenvalue weighted by molar-refractivity contribution is 0.479. The Balaban J connectivity index is 2.17. The van der Waals surface area contributed by atoms with Crippen LogP contribution in [0.15, 0.2) is 45.3 Å². The quantitative estimate of drug-likeness (QED) is 0.777. The summed E-state index contributed by atoms with van der Waals surface area (Å²) in [6, 6.07) is 10.4. The van der Waals surface area contributed by atoms with Gasteiger partial charge in [0, 0.05) is 10.5 Å². The predicted octanol–water partition coefficient (Wildman–Crippen LogP) is 5.03. The van der Waals surface area contributed by atoms with Crippen LogP contribution in [-0.2, 0) is 6.42 Å². The first-order chi connectivity index (χ1) is 9.45. The van der Waals surface area contributed by atoms with Crippen LogP contribution in [0.5, 0.6) is 11.5 Å². The van der Waals surface area contributed by atoms with Crippen molar-refractivity contribution in [2.75, 3.05) is 0 Å². The first kappa shape index (κ1) is 15.5. The van der Waals surface area contributed by atoms with Gasteiger partial charge in [0.2, 0.25) is 0 Å². The summed E-state index contributed by atoms with van der Waals surface area (Å²) >= 11 is 6.64. The van der Waals surface area contributed by atoms with Gasteiger partial charge in [-0.3, -0.25) is 0 Å². The van der Waals surface area contributed by atoms with Crippen LogP contribution in [-0.4, -0.2) is 6.04 Å². The minimum absolute atomic E-state index is 0.103. The molecule has 2 nitrogen and oxygen atoms in total. The lowest BCUT2D eigenvalue weighted by Gasteiger charge is -2.11. The molecule has 2 aromatic rings. The summed E-state index contributed by atoms with van der Waals surface area (Å²) in [5.41, 5.74) is 6.93. The van der Waals surface area contributed by atoms with E-state index in [2.05, 4.69) is 31.9 Å². The van der Waals surface area contributed by atoms with E-state index in [1.165, 1.54) is 6.07 Å². The molecule has 0 aliphatic carbocycles. The SMILES string of the molecule is CC(N)Cc1ccc(Oc2ccc(F)c(Br)c2)cc1Br. The number of nitrogens with two attached hydrogens (primary N) is 1. The molecular formula is C15H14Br2FNO. The van der Waals surface area contributed by atoms with Crippen molar-refractivity contribution >= 4 is 31.9 Å². The van der Waals surface area contributed by atoms with Crippen molar-refractivity contribution in [3.8, 4) is 11.5 Å². The molecule has 0 aliphatic rings. The maximum atomic E-state index is 13.2. The lowest BCUT2D eigenvalue weighted by Crippen LogP contribution is -2.17. The smallest absolute Gasteiger partial charge is 0.137 e. The van der Waals surface area contributed by atoms with Crippen molar-refractivity contribution < 1.29 is 9.13 Å². The van der Waals surface area contributed by atoms with Gasteiger partial charge in [-0.1, -0.05) is 22.0 Å². The Morgan fingerprint density at radius 3 is 2.25 bits per heavy atom. The molecule has 0 bridgehead atoms. The van der Waals surface area contributed by atoms with Crippen molar-refractivity contribution in [2.45, 2.75) is 19.4 Å². The van der Waals surface area contributed by atoms with Gasteiger partial charge >= 0.3 is 0 Å². The zero-order valence-electron chi connectivity index (χ0n) is 10.9. The Morgan fingerprint density at radius 2 is 1.70 bits per heavy atom. The van der Waals surface area contributed by atoms with E-state index in [1.807, 2.05) is 25.1 Å². The van der Waals surface area contributed by atoms with Crippen LogP contribution >= 0.6 is 31.9 Å². The van der Waals surface area contributed by atoms with Gasteiger partial charge in [-0.2, -0.15) is 0 Å². The van der Waals surface area contributed by atoms with E-state index >= 15 is 0 Å². The van der Waals surface area contributed by atoms with Gasteiger partial charge in [0.15, 0.2) is 0 Å². The molecule has 1 unspecified atom stereocenters. The van der Waals surface area contributed by atoms with E-state index < -0.39 is 0 Å². The fourth-order valence-electron chi connectivity index (χ4n) is 1.78. The summed E-state index contributed by atoms with van der Waals surface area (Å²) in [5.74, 6) is 0.944. The van der Waals surface area contributed by atoms with E-state index in [-0.39, 0.29) is 11.9 Å². The van der Waals surface area contributed by atoms with Gasteiger partial charge < -0.3 is 10.5 Å². The normalized spacial score (nSPS) is 12.2. The fraction of sp³-hybridized carbons (Fsp3) is 0.200. The molecule has 0 fully saturated rings. The molecule has 0 aliphatic heterocycles. The fourth-order valence-corrected chi connectivity index (χ4v) is 2.66. The molecule has 0 radical (unpaired) electrons. The molecule has 0 amide bonds. The number of hydrogen-bond acceptors (Lipinski definition) is 2. The molecule has 5 heteroatoms. The van der Waals surface area contributed by atoms with E-state index in [0.29, 0.717) is 16.0 Å². The molecule has 2 aromatic carbocycles. The van der Waals surface area contributed by atoms with Crippen LogP contribution in [0.4, 0.5) is 4.39 Å². The summed E-state index contributed by atoms with van der Waals surface area (Å²) in [6.07, 6.45) is 0.795. The second-order valence-corrected chi connectivity index (χ2v) is 6.32. The molecule has 0 spiro atoms. The molecule has 0 heterocycles. The number of ether oxygens (including phenoxy) is 1. The van der Waals surface area contributed by atoms with Crippen molar-refractivity contribution in [1.82, 2.24) is 0 Å². The van der Waals surface area contributed by atoms with E-state index in [1.54, 1.807) is 12.1 Å². The van der Waals surface area contributed by atoms with Crippen LogP contribution in [0.1, 0.15) is 12.5 Å². The molecule has 1 atom stereocenters. The molecule has 0 aromatic heterocycles. The third kappa shape index (κ3) is 4.04. The number of hydrogen-bond donors (Lipinski definition) is 1. The van der Waals surface area contributed by atoms with E-state index in [0.717, 1.165) is 16.5 Å². The Bertz CT molecular complexity index is 617. The van der Waals surface area contributed by atoms with E-state index in [4.69, 9.17) is 10.5 Å². The Kier molecular flexibility index (Phi) is 5.18. The lowest BCUT2D eigenvalue weighted by atomic mass is 10.1. The van der Waals surface area contributed by atoms with Crippen LogP contribution in [0, 0.1) is 5.82 Å². The minimum atomic E-state index is -0.314. The van der Waals surface area contributed by atoms with Gasteiger partial charge in [-0.15, -0.1) is 0 Å². The van der Waals surface area contributed by atoms with E-state index in [9.17, 15) is 4.39 Å². The summed E-state index contributed by atoms with van der Waals surface area (Å²) in [5, 5.41) is 0. The third-order valence-electron chi connectivity index (χ3n) is 2.69. The Morgan fingerprint density at radius 1 is 1.10 bits per heavy atom. The van der Waals surface area contributed by atoms with Crippen molar-refractivity contribution in [1.29, 1.82) is 0 Å². The average Bonchev–Trinajstić information content (AvgIpc) is 2.37. The van der Waals surface area contributed by atoms with Gasteiger partial charge in [0.1, 0.15) is 17.3 Å². The molecule has 20 heavy (non-hydrogen) atoms. The standard InChI is InChI=1S/C15H14Br2FNO/c1-9(19)6-10-2-3-11(7-13(10)16)20-12-4-5-15(18)14(17)8-12/h2-5,7-9H,6,19H2,1H3. The van der Waals surface area contributed by atoms with Gasteiger partial charge in [0.25, 0.3) is 0 Å². The van der Waals surface area contributed by atoms with Gasteiger partial charge in [-0.05, 0) is 65.2 Å². The largest absolute Gasteiger partial charge is 0.457 e. The van der Waals surface area contributed by atoms with Gasteiger partial charge in [-0.25, -0.2) is 4.39 Å². The number of rotatable bonds is 4. The second-order valence-electron chi connectivity index (χ2n) is 4.61. The molecule has 0 saturated heterocycles. The van der Waals surface area contributed by atoms with Crippen LogP contribution in [0.3, 0.4) is 0 Å². The monoisotopic (exact) mass is 401 g/mol. The summed E-state index contributed by atoms with van der Waals surface area (Å²) in [7, 11) is 0. The van der Waals surface area contributed by atoms with Crippen molar-refractivity contribution in [3.05, 3.63) is 56.7 Å². The van der Waals surface area contributed by atoms with Crippen molar-refractivity contribution in [3.63, 3.8) is 0 Å². The van der Waals surface area contributed by atoms with Crippen molar-refractivity contribution in [2.24, 2.45) is 5.73 Å². The molecule has 0 saturated carbocycles. The van der Waals surface area contributed by atoms with Crippen LogP contribution in [0.25, 0.3) is 0 Å². The van der Waals surface area contributed by atoms with Crippen LogP contribution < -0.4 is 10.5 Å². The topological polar surface area (TPSA) is 35.2 Å². The second kappa shape index (κ2) is 6.70. The maximum Gasteiger partial charge on any atom is 0.137 e.